The third-order valence-electron chi connectivity index (χ3n) is 4.13. The number of amides is 2. The molecule has 4 N–H and O–H groups in total. The Labute approximate surface area is 194 Å². The maximum atomic E-state index is 12.5. The van der Waals surface area contributed by atoms with Crippen LogP contribution in [0.15, 0.2) is 35.7 Å². The van der Waals surface area contributed by atoms with Gasteiger partial charge in [0.1, 0.15) is 5.75 Å². The minimum Gasteiger partial charge on any atom is -0.491 e. The molecule has 3 rings (SSSR count). The van der Waals surface area contributed by atoms with Gasteiger partial charge >= 0.3 is 12.0 Å². The second-order valence-electron chi connectivity index (χ2n) is 7.57. The zero-order valence-corrected chi connectivity index (χ0v) is 19.7. The van der Waals surface area contributed by atoms with Crippen LogP contribution in [-0.2, 0) is 15.6 Å². The quantitative estimate of drug-likeness (QED) is 0.352. The molecule has 0 saturated carbocycles. The Balaban J connectivity index is 1.65. The van der Waals surface area contributed by atoms with E-state index in [1.165, 1.54) is 6.20 Å². The monoisotopic (exact) mass is 493 g/mol. The predicted octanol–water partition coefficient (Wildman–Crippen LogP) is 3.53. The summed E-state index contributed by atoms with van der Waals surface area (Å²) in [6.45, 7) is 6.45. The number of anilines is 2. The van der Waals surface area contributed by atoms with Crippen molar-refractivity contribution < 1.29 is 27.9 Å². The summed E-state index contributed by atoms with van der Waals surface area (Å²) in [5.74, 6) is -0.932. The number of thiazole rings is 1. The number of carbonyl (C=O) groups excluding carboxylic acids is 1. The zero-order chi connectivity index (χ0) is 24.2. The third kappa shape index (κ3) is 6.52. The Morgan fingerprint density at radius 1 is 1.27 bits per heavy atom. The number of nitrogens with one attached hydrogen (secondary N) is 3. The molecular weight excluding hydrogens is 470 g/mol. The molecule has 0 aliphatic heterocycles. The Kier molecular flexibility index (Phi) is 7.33. The van der Waals surface area contributed by atoms with Crippen molar-refractivity contribution >= 4 is 44.0 Å². The Morgan fingerprint density at radius 2 is 2.03 bits per heavy atom. The van der Waals surface area contributed by atoms with Gasteiger partial charge in [-0.05, 0) is 30.5 Å². The van der Waals surface area contributed by atoms with Gasteiger partial charge in [-0.15, -0.1) is 11.3 Å². The second-order valence-corrected chi connectivity index (χ2v) is 10.6. The van der Waals surface area contributed by atoms with Gasteiger partial charge in [-0.1, -0.05) is 19.9 Å². The standard InChI is InChI=1S/C20H23N5O6S2/c1-11(2)9-31-16-6-12(3)4-5-14(16)23-18(28)25-19-21-7-13(32-19)10-33(29,30)20-22-8-15(24-20)17(26)27/h4-8,11H,9-10H2,1-3H3,(H,22,24)(H,26,27)(H2,21,23,25,28). The summed E-state index contributed by atoms with van der Waals surface area (Å²) in [6.07, 6.45) is 2.32. The van der Waals surface area contributed by atoms with Gasteiger partial charge in [0.15, 0.2) is 10.8 Å². The van der Waals surface area contributed by atoms with Crippen LogP contribution in [0.5, 0.6) is 5.75 Å². The summed E-state index contributed by atoms with van der Waals surface area (Å²) in [6, 6.07) is 4.84. The number of carboxylic acid groups (broad SMARTS) is 1. The molecule has 2 aromatic heterocycles. The number of H-pyrrole nitrogens is 1. The van der Waals surface area contributed by atoms with E-state index in [1.807, 2.05) is 32.9 Å². The highest BCUT2D eigenvalue weighted by Gasteiger charge is 2.23. The lowest BCUT2D eigenvalue weighted by Gasteiger charge is -2.14. The molecule has 3 aromatic rings. The first-order valence-electron chi connectivity index (χ1n) is 9.81. The molecule has 176 valence electrons. The number of hydrogen-bond donors (Lipinski definition) is 4. The third-order valence-corrected chi connectivity index (χ3v) is 6.72. The van der Waals surface area contributed by atoms with Crippen LogP contribution in [0, 0.1) is 12.8 Å². The molecule has 0 atom stereocenters. The van der Waals surface area contributed by atoms with Gasteiger partial charge in [0.05, 0.1) is 18.0 Å². The van der Waals surface area contributed by atoms with E-state index in [9.17, 15) is 18.0 Å². The van der Waals surface area contributed by atoms with E-state index in [0.29, 0.717) is 28.8 Å². The van der Waals surface area contributed by atoms with Crippen molar-refractivity contribution in [3.8, 4) is 5.75 Å². The van der Waals surface area contributed by atoms with Crippen LogP contribution in [0.3, 0.4) is 0 Å². The van der Waals surface area contributed by atoms with Crippen LogP contribution in [0.1, 0.15) is 34.8 Å². The first kappa shape index (κ1) is 24.2. The van der Waals surface area contributed by atoms with Crippen molar-refractivity contribution in [3.05, 3.63) is 46.7 Å². The van der Waals surface area contributed by atoms with Crippen molar-refractivity contribution in [2.75, 3.05) is 17.2 Å². The predicted molar refractivity (Wildman–Crippen MR) is 123 cm³/mol. The molecule has 1 aromatic carbocycles. The normalized spacial score (nSPS) is 11.4. The smallest absolute Gasteiger partial charge is 0.356 e. The number of aromatic amines is 1. The fourth-order valence-electron chi connectivity index (χ4n) is 2.62. The van der Waals surface area contributed by atoms with Crippen molar-refractivity contribution in [2.24, 2.45) is 5.92 Å². The highest BCUT2D eigenvalue weighted by atomic mass is 32.2. The zero-order valence-electron chi connectivity index (χ0n) is 18.1. The largest absolute Gasteiger partial charge is 0.491 e. The number of sulfone groups is 1. The maximum Gasteiger partial charge on any atom is 0.356 e. The van der Waals surface area contributed by atoms with Crippen LogP contribution in [0.2, 0.25) is 0 Å². The molecule has 11 nitrogen and oxygen atoms in total. The fraction of sp³-hybridized carbons (Fsp3) is 0.300. The minimum absolute atomic E-state index is 0.195. The molecule has 33 heavy (non-hydrogen) atoms. The molecule has 2 heterocycles. The first-order valence-corrected chi connectivity index (χ1v) is 12.3. The summed E-state index contributed by atoms with van der Waals surface area (Å²) in [4.78, 5) is 33.6. The molecule has 0 bridgehead atoms. The number of aromatic carboxylic acids is 1. The summed E-state index contributed by atoms with van der Waals surface area (Å²) >= 11 is 0.976. The number of aromatic nitrogens is 3. The van der Waals surface area contributed by atoms with E-state index in [0.717, 1.165) is 23.1 Å². The number of hydrogen-bond acceptors (Lipinski definition) is 8. The molecule has 13 heteroatoms. The van der Waals surface area contributed by atoms with Gasteiger partial charge in [-0.25, -0.2) is 28.0 Å². The number of carbonyl (C=O) groups is 2. The Morgan fingerprint density at radius 3 is 2.70 bits per heavy atom. The highest BCUT2D eigenvalue weighted by Crippen LogP contribution is 2.27. The van der Waals surface area contributed by atoms with Gasteiger partial charge < -0.3 is 20.1 Å². The number of urea groups is 1. The number of ether oxygens (including phenoxy) is 1. The van der Waals surface area contributed by atoms with Crippen LogP contribution in [0.4, 0.5) is 15.6 Å². The number of benzene rings is 1. The Bertz CT molecular complexity index is 1270. The van der Waals surface area contributed by atoms with E-state index in [1.54, 1.807) is 6.07 Å². The number of imidazole rings is 1. The lowest BCUT2D eigenvalue weighted by atomic mass is 10.2. The van der Waals surface area contributed by atoms with Gasteiger partial charge in [-0.2, -0.15) is 0 Å². The number of aryl methyl sites for hydroxylation is 1. The van der Waals surface area contributed by atoms with E-state index < -0.39 is 38.4 Å². The van der Waals surface area contributed by atoms with Crippen LogP contribution in [-0.4, -0.2) is 47.1 Å². The summed E-state index contributed by atoms with van der Waals surface area (Å²) in [5, 5.41) is 13.9. The van der Waals surface area contributed by atoms with Gasteiger partial charge in [0, 0.05) is 17.3 Å². The van der Waals surface area contributed by atoms with E-state index >= 15 is 0 Å². The lowest BCUT2D eigenvalue weighted by Crippen LogP contribution is -2.20. The molecule has 2 amide bonds. The minimum atomic E-state index is -3.92. The molecule has 0 spiro atoms. The molecule has 0 radical (unpaired) electrons. The van der Waals surface area contributed by atoms with E-state index in [2.05, 4.69) is 25.6 Å². The molecule has 0 fully saturated rings. The van der Waals surface area contributed by atoms with Crippen molar-refractivity contribution in [2.45, 2.75) is 31.7 Å². The van der Waals surface area contributed by atoms with Crippen LogP contribution >= 0.6 is 11.3 Å². The topological polar surface area (TPSA) is 163 Å². The number of nitrogens with zero attached hydrogens (tertiary/aromatic N) is 2. The van der Waals surface area contributed by atoms with E-state index in [-0.39, 0.29) is 5.13 Å². The average molecular weight is 494 g/mol. The van der Waals surface area contributed by atoms with Crippen molar-refractivity contribution in [1.29, 1.82) is 0 Å². The van der Waals surface area contributed by atoms with Crippen molar-refractivity contribution in [3.63, 3.8) is 0 Å². The van der Waals surface area contributed by atoms with Crippen LogP contribution < -0.4 is 15.4 Å². The lowest BCUT2D eigenvalue weighted by molar-refractivity contribution is 0.0690. The van der Waals surface area contributed by atoms with Gasteiger partial charge in [0.25, 0.3) is 0 Å². The maximum absolute atomic E-state index is 12.5. The Hall–Kier alpha value is -3.45. The van der Waals surface area contributed by atoms with E-state index in [4.69, 9.17) is 9.84 Å². The van der Waals surface area contributed by atoms with Gasteiger partial charge in [0.2, 0.25) is 15.0 Å². The fourth-order valence-corrected chi connectivity index (χ4v) is 4.99. The average Bonchev–Trinajstić information content (AvgIpc) is 3.38. The molecular formula is C20H23N5O6S2. The summed E-state index contributed by atoms with van der Waals surface area (Å²) in [5.41, 5.74) is 1.08. The molecule has 0 unspecified atom stereocenters. The second kappa shape index (κ2) is 10.0. The molecule has 0 aliphatic carbocycles. The summed E-state index contributed by atoms with van der Waals surface area (Å²) in [7, 11) is -3.92. The first-order chi connectivity index (χ1) is 15.5. The molecule has 0 saturated heterocycles. The highest BCUT2D eigenvalue weighted by molar-refractivity contribution is 7.90. The van der Waals surface area contributed by atoms with Crippen molar-refractivity contribution in [1.82, 2.24) is 15.0 Å². The van der Waals surface area contributed by atoms with Crippen LogP contribution in [0.25, 0.3) is 0 Å². The SMILES string of the molecule is Cc1ccc(NC(=O)Nc2ncc(CS(=O)(=O)c3nc(C(=O)O)c[nH]3)s2)c(OCC(C)C)c1. The molecule has 0 aliphatic rings. The number of rotatable bonds is 9. The summed E-state index contributed by atoms with van der Waals surface area (Å²) < 4.78 is 30.7. The number of carboxylic acids is 1. The van der Waals surface area contributed by atoms with Gasteiger partial charge in [-0.3, -0.25) is 5.32 Å².